The molecule has 0 fully saturated rings. The highest BCUT2D eigenvalue weighted by molar-refractivity contribution is 5.71. The minimum absolute atomic E-state index is 0.0876. The number of esters is 3. The van der Waals surface area contributed by atoms with Crippen LogP contribution in [0.4, 0.5) is 0 Å². The fraction of sp³-hybridized carbons (Fsp3) is 0.761. The quantitative estimate of drug-likeness (QED) is 0.0261. The summed E-state index contributed by atoms with van der Waals surface area (Å²) >= 11 is 0. The van der Waals surface area contributed by atoms with Crippen molar-refractivity contribution in [3.8, 4) is 0 Å². The van der Waals surface area contributed by atoms with Crippen LogP contribution in [-0.4, -0.2) is 37.2 Å². The molecule has 0 aliphatic heterocycles. The van der Waals surface area contributed by atoms with E-state index in [4.69, 9.17) is 14.2 Å². The number of allylic oxidation sites excluding steroid dienone is 14. The van der Waals surface area contributed by atoms with Gasteiger partial charge in [0.2, 0.25) is 0 Å². The van der Waals surface area contributed by atoms with Gasteiger partial charge in [0.15, 0.2) is 6.10 Å². The molecule has 0 aromatic rings. The fourth-order valence-corrected chi connectivity index (χ4v) is 9.44. The fourth-order valence-electron chi connectivity index (χ4n) is 9.44. The summed E-state index contributed by atoms with van der Waals surface area (Å²) < 4.78 is 16.9. The van der Waals surface area contributed by atoms with Crippen LogP contribution in [0.2, 0.25) is 0 Å². The molecule has 1 atom stereocenters. The molecule has 0 aliphatic rings. The van der Waals surface area contributed by atoms with Crippen molar-refractivity contribution in [1.29, 1.82) is 0 Å². The smallest absolute Gasteiger partial charge is 0.306 e. The van der Waals surface area contributed by atoms with E-state index < -0.39 is 6.10 Å². The summed E-state index contributed by atoms with van der Waals surface area (Å²) in [5, 5.41) is 0. The molecule has 6 nitrogen and oxygen atoms in total. The van der Waals surface area contributed by atoms with Gasteiger partial charge in [-0.05, 0) is 96.3 Å². The molecule has 0 radical (unpaired) electrons. The second-order valence-electron chi connectivity index (χ2n) is 22.0. The van der Waals surface area contributed by atoms with Crippen molar-refractivity contribution in [2.24, 2.45) is 0 Å². The van der Waals surface area contributed by atoms with Gasteiger partial charge in [-0.3, -0.25) is 14.4 Å². The van der Waals surface area contributed by atoms with Crippen LogP contribution >= 0.6 is 0 Å². The first-order chi connectivity index (χ1) is 38.0. The number of ether oxygens (including phenoxy) is 3. The predicted molar refractivity (Wildman–Crippen MR) is 334 cm³/mol. The van der Waals surface area contributed by atoms with Crippen LogP contribution in [0, 0.1) is 0 Å². The Balaban J connectivity index is 4.40. The summed E-state index contributed by atoms with van der Waals surface area (Å²) in [7, 11) is 0. The van der Waals surface area contributed by atoms with E-state index in [2.05, 4.69) is 106 Å². The summed E-state index contributed by atoms with van der Waals surface area (Å²) in [6, 6.07) is 0. The lowest BCUT2D eigenvalue weighted by Gasteiger charge is -2.18. The molecule has 0 N–H and O–H groups in total. The van der Waals surface area contributed by atoms with Crippen molar-refractivity contribution in [1.82, 2.24) is 0 Å². The molecule has 6 heteroatoms. The monoisotopic (exact) mass is 1070 g/mol. The Kier molecular flexibility index (Phi) is 62.2. The maximum atomic E-state index is 12.9. The maximum Gasteiger partial charge on any atom is 0.306 e. The summed E-state index contributed by atoms with van der Waals surface area (Å²) in [5.41, 5.74) is 0. The molecule has 0 spiro atoms. The summed E-state index contributed by atoms with van der Waals surface area (Å²) in [4.78, 5) is 38.4. The van der Waals surface area contributed by atoms with Crippen molar-refractivity contribution >= 4 is 17.9 Å². The molecule has 0 bridgehead atoms. The summed E-state index contributed by atoms with van der Waals surface area (Å²) in [6.45, 7) is 6.53. The van der Waals surface area contributed by atoms with Gasteiger partial charge in [0.1, 0.15) is 13.2 Å². The molecule has 1 unspecified atom stereocenters. The van der Waals surface area contributed by atoms with Gasteiger partial charge in [0.25, 0.3) is 0 Å². The number of rotatable bonds is 60. The average molecular weight is 1070 g/mol. The number of carbonyl (C=O) groups excluding carboxylic acids is 3. The van der Waals surface area contributed by atoms with E-state index in [-0.39, 0.29) is 31.1 Å². The van der Waals surface area contributed by atoms with Gasteiger partial charge in [-0.25, -0.2) is 0 Å². The molecule has 0 aromatic carbocycles. The minimum atomic E-state index is -0.795. The Bertz CT molecular complexity index is 1470. The Morgan fingerprint density at radius 3 is 0.805 bits per heavy atom. The van der Waals surface area contributed by atoms with Crippen LogP contribution in [0.15, 0.2) is 85.1 Å². The van der Waals surface area contributed by atoms with Gasteiger partial charge in [0, 0.05) is 19.3 Å². The second kappa shape index (κ2) is 65.1. The van der Waals surface area contributed by atoms with Gasteiger partial charge in [-0.15, -0.1) is 0 Å². The van der Waals surface area contributed by atoms with E-state index >= 15 is 0 Å². The third-order valence-corrected chi connectivity index (χ3v) is 14.4. The lowest BCUT2D eigenvalue weighted by Crippen LogP contribution is -2.30. The molecule has 0 aromatic heterocycles. The van der Waals surface area contributed by atoms with Gasteiger partial charge in [-0.2, -0.15) is 0 Å². The number of hydrogen-bond acceptors (Lipinski definition) is 6. The predicted octanol–water partition coefficient (Wildman–Crippen LogP) is 22.7. The van der Waals surface area contributed by atoms with Gasteiger partial charge < -0.3 is 14.2 Å². The van der Waals surface area contributed by atoms with Crippen molar-refractivity contribution in [2.75, 3.05) is 13.2 Å². The first kappa shape index (κ1) is 73.6. The Morgan fingerprint density at radius 1 is 0.273 bits per heavy atom. The van der Waals surface area contributed by atoms with Crippen molar-refractivity contribution in [2.45, 2.75) is 335 Å². The summed E-state index contributed by atoms with van der Waals surface area (Å²) in [6.07, 6.45) is 85.9. The van der Waals surface area contributed by atoms with Crippen LogP contribution < -0.4 is 0 Å². The standard InChI is InChI=1S/C71H124O6/c1-4-7-10-13-16-19-22-25-28-31-33-34-35-36-38-40-43-46-49-52-55-58-61-64-70(73)76-67-68(66-75-69(72)63-60-57-54-51-48-45-42-39-30-27-24-21-18-15-12-9-6-3)77-71(74)65-62-59-56-53-50-47-44-41-37-32-29-26-23-20-17-14-11-8-5-2/h8,11,17,20,22,25-26,29,31,33,37,41,47,50,68H,4-7,9-10,12-16,18-19,21,23-24,27-28,30,32,34-36,38-40,42-46,48-49,51-67H2,1-3H3/b11-8-,20-17-,25-22-,29-26-,33-31-,41-37-,50-47-. The van der Waals surface area contributed by atoms with Crippen molar-refractivity contribution in [3.05, 3.63) is 85.1 Å². The lowest BCUT2D eigenvalue weighted by molar-refractivity contribution is -0.167. The molecular formula is C71H124O6. The van der Waals surface area contributed by atoms with Crippen LogP contribution in [0.5, 0.6) is 0 Å². The van der Waals surface area contributed by atoms with Gasteiger partial charge in [-0.1, -0.05) is 298 Å². The van der Waals surface area contributed by atoms with E-state index in [9.17, 15) is 14.4 Å². The zero-order chi connectivity index (χ0) is 55.7. The zero-order valence-corrected chi connectivity index (χ0v) is 51.0. The van der Waals surface area contributed by atoms with Crippen LogP contribution in [0.25, 0.3) is 0 Å². The molecule has 77 heavy (non-hydrogen) atoms. The van der Waals surface area contributed by atoms with Crippen LogP contribution in [0.1, 0.15) is 329 Å². The van der Waals surface area contributed by atoms with E-state index in [1.807, 2.05) is 0 Å². The summed E-state index contributed by atoms with van der Waals surface area (Å²) in [5.74, 6) is -0.906. The van der Waals surface area contributed by atoms with E-state index in [0.29, 0.717) is 19.3 Å². The van der Waals surface area contributed by atoms with Gasteiger partial charge in [0.05, 0.1) is 0 Å². The van der Waals surface area contributed by atoms with E-state index in [0.717, 1.165) is 103 Å². The zero-order valence-electron chi connectivity index (χ0n) is 51.0. The average Bonchev–Trinajstić information content (AvgIpc) is 3.43. The molecule has 0 amide bonds. The van der Waals surface area contributed by atoms with Crippen LogP contribution in [0.3, 0.4) is 0 Å². The first-order valence-electron chi connectivity index (χ1n) is 33.1. The maximum absolute atomic E-state index is 12.9. The van der Waals surface area contributed by atoms with Gasteiger partial charge >= 0.3 is 17.9 Å². The highest BCUT2D eigenvalue weighted by Crippen LogP contribution is 2.17. The lowest BCUT2D eigenvalue weighted by atomic mass is 10.0. The van der Waals surface area contributed by atoms with E-state index in [1.54, 1.807) is 0 Å². The molecule has 0 saturated carbocycles. The third kappa shape index (κ3) is 63.3. The van der Waals surface area contributed by atoms with Crippen LogP contribution in [-0.2, 0) is 28.6 Å². The first-order valence-corrected chi connectivity index (χ1v) is 33.1. The Hall–Kier alpha value is -3.41. The van der Waals surface area contributed by atoms with Crippen molar-refractivity contribution < 1.29 is 28.6 Å². The Morgan fingerprint density at radius 2 is 0.506 bits per heavy atom. The molecule has 0 aliphatic carbocycles. The highest BCUT2D eigenvalue weighted by atomic mass is 16.6. The second-order valence-corrected chi connectivity index (χ2v) is 22.0. The molecule has 444 valence electrons. The minimum Gasteiger partial charge on any atom is -0.462 e. The highest BCUT2D eigenvalue weighted by Gasteiger charge is 2.19. The normalized spacial score (nSPS) is 12.6. The topological polar surface area (TPSA) is 78.9 Å². The third-order valence-electron chi connectivity index (χ3n) is 14.4. The number of unbranched alkanes of at least 4 members (excludes halogenated alkanes) is 35. The molecule has 0 saturated heterocycles. The van der Waals surface area contributed by atoms with E-state index in [1.165, 1.54) is 186 Å². The number of carbonyl (C=O) groups is 3. The largest absolute Gasteiger partial charge is 0.462 e. The molecular weight excluding hydrogens is 949 g/mol. The van der Waals surface area contributed by atoms with Crippen molar-refractivity contribution in [3.63, 3.8) is 0 Å². The molecule has 0 heterocycles. The Labute approximate surface area is 477 Å². The number of hydrogen-bond donors (Lipinski definition) is 0. The molecule has 0 rings (SSSR count). The SMILES string of the molecule is CC/C=C\C/C=C\C/C=C\C/C=C\C/C=C\CCCCCC(=O)OC(COC(=O)CCCCCCCCCCCCC/C=C\C/C=C\CCCCCCC)COC(=O)CCCCCCCCCCCCCCCCCCC.